The molecule has 22 heavy (non-hydrogen) atoms. The van der Waals surface area contributed by atoms with Gasteiger partial charge in [0, 0.05) is 18.9 Å². The fourth-order valence-electron chi connectivity index (χ4n) is 3.41. The fraction of sp³-hybridized carbons (Fsp3) is 0.500. The molecule has 0 saturated carbocycles. The van der Waals surface area contributed by atoms with Crippen LogP contribution in [-0.2, 0) is 11.4 Å². The van der Waals surface area contributed by atoms with Crippen LogP contribution in [0, 0.1) is 5.92 Å². The Balaban J connectivity index is 1.37. The first-order valence-corrected chi connectivity index (χ1v) is 9.38. The topological polar surface area (TPSA) is 37.7 Å². The number of likely N-dealkylation sites (tertiary alicyclic amines) is 1. The smallest absolute Gasteiger partial charge is 0.136 e. The number of oxime groups is 1. The van der Waals surface area contributed by atoms with Crippen LogP contribution in [0.25, 0.3) is 10.2 Å². The Hall–Kier alpha value is -0.980. The van der Waals surface area contributed by atoms with E-state index in [1.165, 1.54) is 23.1 Å². The summed E-state index contributed by atoms with van der Waals surface area (Å²) < 4.78 is 2.29. The second-order valence-corrected chi connectivity index (χ2v) is 7.82. The number of thiazole rings is 1. The molecule has 1 aromatic carbocycles. The van der Waals surface area contributed by atoms with Gasteiger partial charge in [-0.2, -0.15) is 0 Å². The standard InChI is InChI=1S/C16H18BrN3OS/c17-15-8-14(21-19-15)11-4-6-20(7-5-11)9-12-2-1-3-13-16(12)22-10-18-13/h1-3,10-11,14H,4-9H2. The SMILES string of the molecule is BrC1=NOC(C2CCN(Cc3cccc4ncsc34)CC2)C1. The first-order valence-electron chi connectivity index (χ1n) is 7.71. The molecule has 1 unspecified atom stereocenters. The first kappa shape index (κ1) is 14.6. The summed E-state index contributed by atoms with van der Waals surface area (Å²) in [5, 5.41) is 4.02. The maximum atomic E-state index is 5.52. The molecule has 0 N–H and O–H groups in total. The van der Waals surface area contributed by atoms with Gasteiger partial charge in [-0.15, -0.1) is 11.3 Å². The summed E-state index contributed by atoms with van der Waals surface area (Å²) in [6.07, 6.45) is 3.60. The van der Waals surface area contributed by atoms with E-state index >= 15 is 0 Å². The highest BCUT2D eigenvalue weighted by atomic mass is 79.9. The zero-order valence-corrected chi connectivity index (χ0v) is 14.6. The molecule has 4 nitrogen and oxygen atoms in total. The van der Waals surface area contributed by atoms with Crippen molar-refractivity contribution in [2.45, 2.75) is 31.9 Å². The zero-order valence-electron chi connectivity index (χ0n) is 12.2. The summed E-state index contributed by atoms with van der Waals surface area (Å²) in [5.74, 6) is 0.634. The van der Waals surface area contributed by atoms with Gasteiger partial charge in [-0.3, -0.25) is 4.90 Å². The predicted octanol–water partition coefficient (Wildman–Crippen LogP) is 4.01. The Morgan fingerprint density at radius 3 is 2.95 bits per heavy atom. The molecule has 1 atom stereocenters. The average Bonchev–Trinajstić information content (AvgIpc) is 3.17. The van der Waals surface area contributed by atoms with Gasteiger partial charge in [0.2, 0.25) is 0 Å². The number of hydrogen-bond donors (Lipinski definition) is 0. The Morgan fingerprint density at radius 1 is 1.32 bits per heavy atom. The van der Waals surface area contributed by atoms with Gasteiger partial charge in [-0.25, -0.2) is 4.98 Å². The van der Waals surface area contributed by atoms with Crippen LogP contribution < -0.4 is 0 Å². The van der Waals surface area contributed by atoms with Gasteiger partial charge in [-0.05, 0) is 53.5 Å². The van der Waals surface area contributed by atoms with Crippen LogP contribution in [0.4, 0.5) is 0 Å². The largest absolute Gasteiger partial charge is 0.391 e. The maximum Gasteiger partial charge on any atom is 0.136 e. The van der Waals surface area contributed by atoms with Crippen LogP contribution in [0.3, 0.4) is 0 Å². The van der Waals surface area contributed by atoms with Crippen molar-refractivity contribution in [1.29, 1.82) is 0 Å². The molecule has 2 aliphatic rings. The molecule has 0 spiro atoms. The summed E-state index contributed by atoms with van der Waals surface area (Å²) >= 11 is 5.18. The minimum Gasteiger partial charge on any atom is -0.391 e. The molecule has 1 aromatic heterocycles. The third kappa shape index (κ3) is 2.92. The van der Waals surface area contributed by atoms with Gasteiger partial charge in [0.15, 0.2) is 0 Å². The van der Waals surface area contributed by atoms with Crippen molar-refractivity contribution >= 4 is 42.1 Å². The van der Waals surface area contributed by atoms with E-state index in [9.17, 15) is 0 Å². The highest BCUT2D eigenvalue weighted by Gasteiger charge is 2.31. The number of benzene rings is 1. The highest BCUT2D eigenvalue weighted by molar-refractivity contribution is 9.18. The van der Waals surface area contributed by atoms with Gasteiger partial charge in [0.1, 0.15) is 10.7 Å². The van der Waals surface area contributed by atoms with Gasteiger partial charge < -0.3 is 4.84 Å². The molecule has 1 saturated heterocycles. The molecule has 6 heteroatoms. The Kier molecular flexibility index (Phi) is 4.15. The minimum atomic E-state index is 0.279. The van der Waals surface area contributed by atoms with E-state index in [1.54, 1.807) is 11.3 Å². The summed E-state index contributed by atoms with van der Waals surface area (Å²) in [6.45, 7) is 3.30. The lowest BCUT2D eigenvalue weighted by molar-refractivity contribution is 0.0128. The first-order chi connectivity index (χ1) is 10.8. The van der Waals surface area contributed by atoms with Crippen LogP contribution in [0.1, 0.15) is 24.8 Å². The van der Waals surface area contributed by atoms with Crippen LogP contribution in [0.2, 0.25) is 0 Å². The molecular formula is C16H18BrN3OS. The number of halogens is 1. The van der Waals surface area contributed by atoms with E-state index in [0.29, 0.717) is 5.92 Å². The highest BCUT2D eigenvalue weighted by Crippen LogP contribution is 2.30. The lowest BCUT2D eigenvalue weighted by Crippen LogP contribution is -2.37. The van der Waals surface area contributed by atoms with Crippen molar-refractivity contribution in [2.75, 3.05) is 13.1 Å². The monoisotopic (exact) mass is 379 g/mol. The van der Waals surface area contributed by atoms with E-state index in [-0.39, 0.29) is 6.10 Å². The van der Waals surface area contributed by atoms with E-state index in [1.807, 2.05) is 5.51 Å². The van der Waals surface area contributed by atoms with Crippen LogP contribution >= 0.6 is 27.3 Å². The molecule has 3 heterocycles. The fourth-order valence-corrected chi connectivity index (χ4v) is 4.61. The van der Waals surface area contributed by atoms with Gasteiger partial charge in [0.05, 0.1) is 15.7 Å². The Morgan fingerprint density at radius 2 is 2.18 bits per heavy atom. The Labute approximate surface area is 142 Å². The van der Waals surface area contributed by atoms with Crippen LogP contribution in [-0.4, -0.2) is 33.7 Å². The normalized spacial score (nSPS) is 23.7. The Bertz CT molecular complexity index is 694. The summed E-state index contributed by atoms with van der Waals surface area (Å²) in [6, 6.07) is 6.44. The van der Waals surface area contributed by atoms with Crippen molar-refractivity contribution in [3.8, 4) is 0 Å². The summed E-state index contributed by atoms with van der Waals surface area (Å²) in [5.41, 5.74) is 4.47. The van der Waals surface area contributed by atoms with E-state index < -0.39 is 0 Å². The van der Waals surface area contributed by atoms with Crippen molar-refractivity contribution in [2.24, 2.45) is 11.1 Å². The number of rotatable bonds is 3. The molecule has 0 aliphatic carbocycles. The molecule has 2 aromatic rings. The number of piperidine rings is 1. The second-order valence-electron chi connectivity index (χ2n) is 6.05. The lowest BCUT2D eigenvalue weighted by Gasteiger charge is -2.33. The zero-order chi connectivity index (χ0) is 14.9. The lowest BCUT2D eigenvalue weighted by atomic mass is 9.90. The number of fused-ring (bicyclic) bond motifs is 1. The quantitative estimate of drug-likeness (QED) is 0.808. The van der Waals surface area contributed by atoms with Gasteiger partial charge in [-0.1, -0.05) is 17.3 Å². The molecule has 1 fully saturated rings. The minimum absolute atomic E-state index is 0.279. The van der Waals surface area contributed by atoms with Crippen molar-refractivity contribution in [3.05, 3.63) is 29.3 Å². The molecule has 0 bridgehead atoms. The van der Waals surface area contributed by atoms with Crippen LogP contribution in [0.5, 0.6) is 0 Å². The van der Waals surface area contributed by atoms with Crippen molar-refractivity contribution in [1.82, 2.24) is 9.88 Å². The summed E-state index contributed by atoms with van der Waals surface area (Å²) in [4.78, 5) is 12.5. The van der Waals surface area contributed by atoms with Crippen molar-refractivity contribution in [3.63, 3.8) is 0 Å². The maximum absolute atomic E-state index is 5.52. The number of aromatic nitrogens is 1. The molecule has 0 radical (unpaired) electrons. The third-order valence-electron chi connectivity index (χ3n) is 4.65. The molecule has 0 amide bonds. The van der Waals surface area contributed by atoms with Crippen molar-refractivity contribution < 1.29 is 4.84 Å². The van der Waals surface area contributed by atoms with E-state index in [2.05, 4.69) is 49.2 Å². The van der Waals surface area contributed by atoms with Gasteiger partial charge >= 0.3 is 0 Å². The molecule has 2 aliphatic heterocycles. The van der Waals surface area contributed by atoms with E-state index in [4.69, 9.17) is 4.84 Å². The third-order valence-corrected chi connectivity index (χ3v) is 6.03. The van der Waals surface area contributed by atoms with Gasteiger partial charge in [0.25, 0.3) is 0 Å². The number of nitrogens with zero attached hydrogens (tertiary/aromatic N) is 3. The molecule has 4 rings (SSSR count). The average molecular weight is 380 g/mol. The second kappa shape index (κ2) is 6.26. The number of hydrogen-bond acceptors (Lipinski definition) is 5. The predicted molar refractivity (Wildman–Crippen MR) is 93.5 cm³/mol. The molecule has 116 valence electrons. The van der Waals surface area contributed by atoms with E-state index in [0.717, 1.165) is 36.2 Å². The van der Waals surface area contributed by atoms with Crippen LogP contribution in [0.15, 0.2) is 28.9 Å². The molecular weight excluding hydrogens is 362 g/mol. The summed E-state index contributed by atoms with van der Waals surface area (Å²) in [7, 11) is 0.